The molecule has 0 bridgehead atoms. The Balaban J connectivity index is 3.10. The highest BCUT2D eigenvalue weighted by Crippen LogP contribution is 2.12. The average Bonchev–Trinajstić information content (AvgIpc) is 2.18. The highest BCUT2D eigenvalue weighted by Gasteiger charge is 2.01. The topological polar surface area (TPSA) is 17.1 Å². The molecule has 0 aromatic carbocycles. The first kappa shape index (κ1) is 14.4. The van der Waals surface area contributed by atoms with Gasteiger partial charge >= 0.3 is 0 Å². The molecule has 0 heterocycles. The fourth-order valence-corrected chi connectivity index (χ4v) is 2.97. The number of unbranched alkanes of at least 4 members (excludes halogenated alkanes) is 2. The van der Waals surface area contributed by atoms with Crippen LogP contribution in [-0.4, -0.2) is 22.4 Å². The molecule has 0 radical (unpaired) electrons. The minimum absolute atomic E-state index is 0.377. The van der Waals surface area contributed by atoms with Crippen molar-refractivity contribution < 1.29 is 4.79 Å². The van der Waals surface area contributed by atoms with Gasteiger partial charge in [0.1, 0.15) is 0 Å². The summed E-state index contributed by atoms with van der Waals surface area (Å²) in [4.78, 5) is 11.3. The molecule has 0 spiro atoms. The van der Waals surface area contributed by atoms with Gasteiger partial charge in [-0.15, -0.1) is 0 Å². The van der Waals surface area contributed by atoms with Crippen LogP contribution >= 0.6 is 23.5 Å². The Kier molecular flexibility index (Phi) is 11.7. The van der Waals surface area contributed by atoms with Gasteiger partial charge in [0.2, 0.25) is 0 Å². The van der Waals surface area contributed by atoms with Gasteiger partial charge in [-0.3, -0.25) is 4.79 Å². The Morgan fingerprint density at radius 2 is 1.64 bits per heavy atom. The largest absolute Gasteiger partial charge is 0.287 e. The summed E-state index contributed by atoms with van der Waals surface area (Å²) in [5, 5.41) is 0.377. The Morgan fingerprint density at radius 1 is 1.00 bits per heavy atom. The van der Waals surface area contributed by atoms with Crippen molar-refractivity contribution >= 4 is 28.6 Å². The number of carbonyl (C=O) groups excluding carboxylic acids is 1. The molecular formula is C11H22OS2. The van der Waals surface area contributed by atoms with Gasteiger partial charge < -0.3 is 0 Å². The molecule has 0 atom stereocenters. The smallest absolute Gasteiger partial charge is 0.189 e. The Labute approximate surface area is 96.8 Å². The third kappa shape index (κ3) is 10.5. The lowest BCUT2D eigenvalue weighted by Gasteiger charge is -2.00. The molecule has 0 aromatic rings. The summed E-state index contributed by atoms with van der Waals surface area (Å²) in [6, 6.07) is 0. The van der Waals surface area contributed by atoms with Crippen LogP contribution in [0, 0.1) is 0 Å². The molecule has 0 aliphatic heterocycles. The fraction of sp³-hybridized carbons (Fsp3) is 0.909. The number of carbonyl (C=O) groups is 1. The maximum Gasteiger partial charge on any atom is 0.189 e. The van der Waals surface area contributed by atoms with E-state index in [2.05, 4.69) is 13.8 Å². The third-order valence-electron chi connectivity index (χ3n) is 1.85. The normalized spacial score (nSPS) is 10.4. The summed E-state index contributed by atoms with van der Waals surface area (Å²) < 4.78 is 0. The van der Waals surface area contributed by atoms with Crippen molar-refractivity contribution in [2.75, 3.05) is 17.3 Å². The summed E-state index contributed by atoms with van der Waals surface area (Å²) in [7, 11) is 0. The van der Waals surface area contributed by atoms with E-state index in [-0.39, 0.29) is 0 Å². The van der Waals surface area contributed by atoms with Crippen LogP contribution in [0.15, 0.2) is 0 Å². The maximum absolute atomic E-state index is 11.3. The first-order valence-electron chi connectivity index (χ1n) is 5.54. The van der Waals surface area contributed by atoms with Gasteiger partial charge in [0.05, 0.1) is 0 Å². The Bertz CT molecular complexity index is 137. The molecule has 0 rings (SSSR count). The van der Waals surface area contributed by atoms with Gasteiger partial charge in [-0.05, 0) is 18.6 Å². The van der Waals surface area contributed by atoms with Crippen LogP contribution in [0.3, 0.4) is 0 Å². The Morgan fingerprint density at radius 3 is 2.29 bits per heavy atom. The van der Waals surface area contributed by atoms with Crippen molar-refractivity contribution in [3.63, 3.8) is 0 Å². The van der Waals surface area contributed by atoms with E-state index in [1.165, 1.54) is 43.2 Å². The molecule has 0 unspecified atom stereocenters. The van der Waals surface area contributed by atoms with Gasteiger partial charge in [0, 0.05) is 17.9 Å². The van der Waals surface area contributed by atoms with Crippen molar-refractivity contribution in [2.24, 2.45) is 0 Å². The summed E-state index contributed by atoms with van der Waals surface area (Å²) in [6.07, 6.45) is 5.64. The minimum atomic E-state index is 0.377. The van der Waals surface area contributed by atoms with E-state index in [1.54, 1.807) is 0 Å². The molecule has 84 valence electrons. The second-order valence-corrected chi connectivity index (χ2v) is 5.67. The molecule has 0 aliphatic rings. The van der Waals surface area contributed by atoms with Gasteiger partial charge in [-0.1, -0.05) is 38.5 Å². The predicted octanol–water partition coefficient (Wildman–Crippen LogP) is 3.97. The van der Waals surface area contributed by atoms with Crippen molar-refractivity contribution in [2.45, 2.75) is 46.0 Å². The van der Waals surface area contributed by atoms with Crippen LogP contribution in [0.2, 0.25) is 0 Å². The standard InChI is InChI=1S/C11H22OS2/c1-3-5-8-13-10-7-11(12)14-9-6-4-2/h3-10H2,1-2H3. The molecule has 0 saturated carbocycles. The van der Waals surface area contributed by atoms with E-state index in [4.69, 9.17) is 0 Å². The SMILES string of the molecule is CCCCSCCC(=O)SCCCC. The monoisotopic (exact) mass is 234 g/mol. The molecular weight excluding hydrogens is 212 g/mol. The zero-order chi connectivity index (χ0) is 10.6. The summed E-state index contributed by atoms with van der Waals surface area (Å²) in [6.45, 7) is 4.36. The van der Waals surface area contributed by atoms with Gasteiger partial charge in [-0.2, -0.15) is 11.8 Å². The van der Waals surface area contributed by atoms with Crippen LogP contribution in [0.5, 0.6) is 0 Å². The number of hydrogen-bond donors (Lipinski definition) is 0. The van der Waals surface area contributed by atoms with Crippen LogP contribution in [0.1, 0.15) is 46.0 Å². The average molecular weight is 234 g/mol. The van der Waals surface area contributed by atoms with Crippen molar-refractivity contribution in [1.82, 2.24) is 0 Å². The first-order valence-corrected chi connectivity index (χ1v) is 7.68. The maximum atomic E-state index is 11.3. The second kappa shape index (κ2) is 11.4. The van der Waals surface area contributed by atoms with Gasteiger partial charge in [0.15, 0.2) is 5.12 Å². The summed E-state index contributed by atoms with van der Waals surface area (Å²) >= 11 is 3.42. The quantitative estimate of drug-likeness (QED) is 0.562. The lowest BCUT2D eigenvalue weighted by Crippen LogP contribution is -1.96. The first-order chi connectivity index (χ1) is 6.81. The molecule has 0 N–H and O–H groups in total. The van der Waals surface area contributed by atoms with E-state index in [1.807, 2.05) is 11.8 Å². The molecule has 1 nitrogen and oxygen atoms in total. The number of thioether (sulfide) groups is 2. The zero-order valence-electron chi connectivity index (χ0n) is 9.38. The molecule has 0 amide bonds. The lowest BCUT2D eigenvalue weighted by molar-refractivity contribution is -0.110. The lowest BCUT2D eigenvalue weighted by atomic mass is 10.4. The molecule has 3 heteroatoms. The number of rotatable bonds is 9. The van der Waals surface area contributed by atoms with Gasteiger partial charge in [-0.25, -0.2) is 0 Å². The van der Waals surface area contributed by atoms with Crippen LogP contribution in [0.25, 0.3) is 0 Å². The predicted molar refractivity (Wildman–Crippen MR) is 69.2 cm³/mol. The highest BCUT2D eigenvalue weighted by atomic mass is 32.2. The molecule has 14 heavy (non-hydrogen) atoms. The van der Waals surface area contributed by atoms with Crippen LogP contribution < -0.4 is 0 Å². The molecule has 0 saturated heterocycles. The van der Waals surface area contributed by atoms with E-state index in [9.17, 15) is 4.79 Å². The summed E-state index contributed by atoms with van der Waals surface area (Å²) in [5.74, 6) is 3.23. The van der Waals surface area contributed by atoms with E-state index in [0.29, 0.717) is 5.12 Å². The molecule has 0 aliphatic carbocycles. The van der Waals surface area contributed by atoms with Crippen LogP contribution in [0.4, 0.5) is 0 Å². The zero-order valence-corrected chi connectivity index (χ0v) is 11.0. The summed E-state index contributed by atoms with van der Waals surface area (Å²) in [5.41, 5.74) is 0. The minimum Gasteiger partial charge on any atom is -0.287 e. The number of hydrogen-bond acceptors (Lipinski definition) is 3. The van der Waals surface area contributed by atoms with Crippen molar-refractivity contribution in [3.8, 4) is 0 Å². The van der Waals surface area contributed by atoms with Crippen molar-refractivity contribution in [1.29, 1.82) is 0 Å². The second-order valence-electron chi connectivity index (χ2n) is 3.29. The fourth-order valence-electron chi connectivity index (χ4n) is 0.906. The van der Waals surface area contributed by atoms with E-state index in [0.717, 1.165) is 17.9 Å². The molecule has 0 aromatic heterocycles. The van der Waals surface area contributed by atoms with E-state index >= 15 is 0 Å². The third-order valence-corrected chi connectivity index (χ3v) is 3.94. The Hall–Kier alpha value is 0.370. The highest BCUT2D eigenvalue weighted by molar-refractivity contribution is 8.13. The van der Waals surface area contributed by atoms with Crippen molar-refractivity contribution in [3.05, 3.63) is 0 Å². The molecule has 0 fully saturated rings. The van der Waals surface area contributed by atoms with E-state index < -0.39 is 0 Å². The van der Waals surface area contributed by atoms with Gasteiger partial charge in [0.25, 0.3) is 0 Å². The van der Waals surface area contributed by atoms with Crippen LogP contribution in [-0.2, 0) is 4.79 Å².